The van der Waals surface area contributed by atoms with E-state index in [1.807, 2.05) is 0 Å². The van der Waals surface area contributed by atoms with Crippen molar-refractivity contribution < 1.29 is 4.42 Å². The van der Waals surface area contributed by atoms with Gasteiger partial charge < -0.3 is 15.9 Å². The van der Waals surface area contributed by atoms with Gasteiger partial charge >= 0.3 is 0 Å². The largest absolute Gasteiger partial charge is 0.424 e. The second-order valence-electron chi connectivity index (χ2n) is 1.74. The van der Waals surface area contributed by atoms with Crippen LogP contribution < -0.4 is 11.5 Å². The molecule has 1 aromatic heterocycles. The first-order valence-electron chi connectivity index (χ1n) is 2.91. The predicted octanol–water partition coefficient (Wildman–Crippen LogP) is 0.229. The number of aromatic nitrogens is 1. The highest BCUT2D eigenvalue weighted by Gasteiger charge is 1.92. The lowest BCUT2D eigenvalue weighted by Gasteiger charge is -1.80. The van der Waals surface area contributed by atoms with Gasteiger partial charge in [-0.1, -0.05) is 6.08 Å². The van der Waals surface area contributed by atoms with Crippen LogP contribution in [0.25, 0.3) is 6.08 Å². The molecule has 4 N–H and O–H groups in total. The van der Waals surface area contributed by atoms with E-state index < -0.39 is 0 Å². The number of hydrogen-bond acceptors (Lipinski definition) is 4. The molecular weight excluding hydrogens is 130 g/mol. The smallest absolute Gasteiger partial charge is 0.292 e. The summed E-state index contributed by atoms with van der Waals surface area (Å²) >= 11 is 0. The molecule has 0 amide bonds. The van der Waals surface area contributed by atoms with E-state index in [4.69, 9.17) is 15.9 Å². The van der Waals surface area contributed by atoms with Gasteiger partial charge in [-0.2, -0.15) is 0 Å². The second kappa shape index (κ2) is 3.03. The van der Waals surface area contributed by atoms with Crippen molar-refractivity contribution in [1.29, 1.82) is 0 Å². The lowest BCUT2D eigenvalue weighted by Crippen LogP contribution is -1.91. The molecule has 0 aliphatic heterocycles. The van der Waals surface area contributed by atoms with Crippen LogP contribution in [0, 0.1) is 0 Å². The summed E-state index contributed by atoms with van der Waals surface area (Å²) in [6.45, 7) is 0.487. The number of nitrogens with zero attached hydrogens (tertiary/aromatic N) is 1. The molecule has 4 nitrogen and oxygen atoms in total. The highest BCUT2D eigenvalue weighted by molar-refractivity contribution is 5.42. The standard InChI is InChI=1S/C6H9N3O/c7-3-1-2-5-4-9-6(8)10-5/h1-2,4H,3,7H2,(H2,8,9)/b2-1-. The molecule has 0 fully saturated rings. The third-order valence-corrected chi connectivity index (χ3v) is 0.960. The normalized spacial score (nSPS) is 10.9. The summed E-state index contributed by atoms with van der Waals surface area (Å²) in [5.41, 5.74) is 10.4. The zero-order chi connectivity index (χ0) is 7.40. The number of rotatable bonds is 2. The molecule has 54 valence electrons. The van der Waals surface area contributed by atoms with Crippen LogP contribution in [-0.2, 0) is 0 Å². The molecule has 1 rings (SSSR count). The van der Waals surface area contributed by atoms with Gasteiger partial charge in [-0.05, 0) is 6.08 Å². The first-order valence-corrected chi connectivity index (χ1v) is 2.91. The first-order chi connectivity index (χ1) is 4.83. The molecular formula is C6H9N3O. The van der Waals surface area contributed by atoms with Crippen molar-refractivity contribution in [3.05, 3.63) is 18.0 Å². The van der Waals surface area contributed by atoms with E-state index in [2.05, 4.69) is 4.98 Å². The molecule has 1 heterocycles. The van der Waals surface area contributed by atoms with Crippen molar-refractivity contribution in [2.45, 2.75) is 0 Å². The Bertz CT molecular complexity index is 229. The molecule has 0 saturated carbocycles. The van der Waals surface area contributed by atoms with Crippen molar-refractivity contribution in [3.63, 3.8) is 0 Å². The minimum absolute atomic E-state index is 0.177. The third-order valence-electron chi connectivity index (χ3n) is 0.960. The lowest BCUT2D eigenvalue weighted by molar-refractivity contribution is 0.570. The number of nitrogen functional groups attached to an aromatic ring is 1. The number of nitrogens with two attached hydrogens (primary N) is 2. The summed E-state index contributed by atoms with van der Waals surface area (Å²) in [6, 6.07) is 0.177. The Morgan fingerprint density at radius 3 is 3.00 bits per heavy atom. The van der Waals surface area contributed by atoms with Crippen molar-refractivity contribution in [3.8, 4) is 0 Å². The summed E-state index contributed by atoms with van der Waals surface area (Å²) in [4.78, 5) is 3.69. The van der Waals surface area contributed by atoms with Gasteiger partial charge in [-0.15, -0.1) is 0 Å². The Labute approximate surface area is 58.5 Å². The number of hydrogen-bond donors (Lipinski definition) is 2. The third kappa shape index (κ3) is 1.60. The van der Waals surface area contributed by atoms with Gasteiger partial charge in [0.2, 0.25) is 0 Å². The van der Waals surface area contributed by atoms with Crippen LogP contribution in [0.1, 0.15) is 5.76 Å². The quantitative estimate of drug-likeness (QED) is 0.614. The monoisotopic (exact) mass is 139 g/mol. The molecule has 0 radical (unpaired) electrons. The van der Waals surface area contributed by atoms with Gasteiger partial charge in [-0.3, -0.25) is 0 Å². The minimum atomic E-state index is 0.177. The molecule has 0 aromatic carbocycles. The van der Waals surface area contributed by atoms with Crippen LogP contribution in [-0.4, -0.2) is 11.5 Å². The van der Waals surface area contributed by atoms with E-state index in [0.29, 0.717) is 12.3 Å². The maximum Gasteiger partial charge on any atom is 0.292 e. The Morgan fingerprint density at radius 2 is 2.50 bits per heavy atom. The van der Waals surface area contributed by atoms with E-state index >= 15 is 0 Å². The van der Waals surface area contributed by atoms with Gasteiger partial charge in [0.25, 0.3) is 6.01 Å². The summed E-state index contributed by atoms with van der Waals surface area (Å²) < 4.78 is 4.91. The van der Waals surface area contributed by atoms with E-state index in [-0.39, 0.29) is 6.01 Å². The van der Waals surface area contributed by atoms with Crippen LogP contribution in [0.4, 0.5) is 6.01 Å². The van der Waals surface area contributed by atoms with Crippen molar-refractivity contribution >= 4 is 12.1 Å². The van der Waals surface area contributed by atoms with Gasteiger partial charge in [-0.25, -0.2) is 4.98 Å². The fraction of sp³-hybridized carbons (Fsp3) is 0.167. The van der Waals surface area contributed by atoms with Gasteiger partial charge in [0, 0.05) is 6.54 Å². The van der Waals surface area contributed by atoms with E-state index in [9.17, 15) is 0 Å². The maximum atomic E-state index is 5.21. The summed E-state index contributed by atoms with van der Waals surface area (Å²) in [5, 5.41) is 0. The van der Waals surface area contributed by atoms with Crippen LogP contribution in [0.15, 0.2) is 16.7 Å². The molecule has 10 heavy (non-hydrogen) atoms. The maximum absolute atomic E-state index is 5.21. The molecule has 0 aliphatic carbocycles. The Hall–Kier alpha value is -1.29. The van der Waals surface area contributed by atoms with E-state index in [0.717, 1.165) is 0 Å². The van der Waals surface area contributed by atoms with Gasteiger partial charge in [0.15, 0.2) is 0 Å². The van der Waals surface area contributed by atoms with Gasteiger partial charge in [0.1, 0.15) is 5.76 Å². The summed E-state index contributed by atoms with van der Waals surface area (Å²) in [7, 11) is 0. The molecule has 0 spiro atoms. The Kier molecular flexibility index (Phi) is 2.07. The van der Waals surface area contributed by atoms with E-state index in [1.165, 1.54) is 0 Å². The number of oxazole rings is 1. The fourth-order valence-corrected chi connectivity index (χ4v) is 0.562. The zero-order valence-corrected chi connectivity index (χ0v) is 5.45. The van der Waals surface area contributed by atoms with Crippen LogP contribution in [0.5, 0.6) is 0 Å². The van der Waals surface area contributed by atoms with Crippen molar-refractivity contribution in [2.24, 2.45) is 5.73 Å². The highest BCUT2D eigenvalue weighted by Crippen LogP contribution is 2.05. The molecule has 0 atom stereocenters. The highest BCUT2D eigenvalue weighted by atomic mass is 16.4. The van der Waals surface area contributed by atoms with Crippen LogP contribution >= 0.6 is 0 Å². The fourth-order valence-electron chi connectivity index (χ4n) is 0.562. The summed E-state index contributed by atoms with van der Waals surface area (Å²) in [6.07, 6.45) is 5.03. The molecule has 0 bridgehead atoms. The average molecular weight is 139 g/mol. The average Bonchev–Trinajstić information content (AvgIpc) is 2.31. The topological polar surface area (TPSA) is 78.1 Å². The Balaban J connectivity index is 2.67. The van der Waals surface area contributed by atoms with E-state index in [1.54, 1.807) is 18.3 Å². The van der Waals surface area contributed by atoms with Crippen molar-refractivity contribution in [1.82, 2.24) is 4.98 Å². The zero-order valence-electron chi connectivity index (χ0n) is 5.45. The second-order valence-corrected chi connectivity index (χ2v) is 1.74. The molecule has 0 saturated heterocycles. The van der Waals surface area contributed by atoms with Crippen LogP contribution in [0.3, 0.4) is 0 Å². The summed E-state index contributed by atoms with van der Waals surface area (Å²) in [5.74, 6) is 0.628. The van der Waals surface area contributed by atoms with Crippen LogP contribution in [0.2, 0.25) is 0 Å². The molecule has 1 aromatic rings. The van der Waals surface area contributed by atoms with Crippen molar-refractivity contribution in [2.75, 3.05) is 12.3 Å². The lowest BCUT2D eigenvalue weighted by atomic mass is 10.4. The minimum Gasteiger partial charge on any atom is -0.424 e. The molecule has 4 heteroatoms. The first kappa shape index (κ1) is 6.82. The molecule has 0 unspecified atom stereocenters. The Morgan fingerprint density at radius 1 is 1.70 bits per heavy atom. The molecule has 0 aliphatic rings. The predicted molar refractivity (Wildman–Crippen MR) is 39.0 cm³/mol. The SMILES string of the molecule is NC/C=C\c1cnc(N)o1. The van der Waals surface area contributed by atoms with Gasteiger partial charge in [0.05, 0.1) is 6.20 Å². The number of anilines is 1.